The van der Waals surface area contributed by atoms with Crippen LogP contribution in [-0.2, 0) is 4.74 Å². The van der Waals surface area contributed by atoms with Gasteiger partial charge < -0.3 is 15.0 Å². The van der Waals surface area contributed by atoms with Gasteiger partial charge in [0.15, 0.2) is 0 Å². The van der Waals surface area contributed by atoms with Crippen molar-refractivity contribution in [2.45, 2.75) is 45.6 Å². The van der Waals surface area contributed by atoms with Crippen LogP contribution in [0.25, 0.3) is 0 Å². The van der Waals surface area contributed by atoms with Crippen LogP contribution in [0, 0.1) is 5.41 Å². The SMILES string of the molecule is CCCC1(CCC)CN(CC2COCCN2)C1. The van der Waals surface area contributed by atoms with Crippen molar-refractivity contribution in [2.24, 2.45) is 5.41 Å². The third kappa shape index (κ3) is 3.43. The standard InChI is InChI=1S/C14H28N2O/c1-3-5-14(6-4-2)11-16(12-14)9-13-10-17-8-7-15-13/h13,15H,3-12H2,1-2H3. The summed E-state index contributed by atoms with van der Waals surface area (Å²) in [6.07, 6.45) is 5.48. The van der Waals surface area contributed by atoms with Crippen LogP contribution in [0.5, 0.6) is 0 Å². The molecule has 2 aliphatic rings. The van der Waals surface area contributed by atoms with Gasteiger partial charge in [-0.05, 0) is 18.3 Å². The highest BCUT2D eigenvalue weighted by Crippen LogP contribution is 2.39. The van der Waals surface area contributed by atoms with Gasteiger partial charge in [0, 0.05) is 32.2 Å². The highest BCUT2D eigenvalue weighted by molar-refractivity contribution is 4.95. The molecule has 0 aliphatic carbocycles. The van der Waals surface area contributed by atoms with E-state index in [1.165, 1.54) is 45.3 Å². The largest absolute Gasteiger partial charge is 0.378 e. The lowest BCUT2D eigenvalue weighted by Crippen LogP contribution is -2.60. The van der Waals surface area contributed by atoms with Gasteiger partial charge in [-0.15, -0.1) is 0 Å². The van der Waals surface area contributed by atoms with Gasteiger partial charge in [0.1, 0.15) is 0 Å². The molecule has 0 amide bonds. The number of nitrogens with zero attached hydrogens (tertiary/aromatic N) is 1. The van der Waals surface area contributed by atoms with Gasteiger partial charge in [0.25, 0.3) is 0 Å². The first-order valence-corrected chi connectivity index (χ1v) is 7.31. The van der Waals surface area contributed by atoms with Crippen LogP contribution in [0.1, 0.15) is 39.5 Å². The molecule has 1 atom stereocenters. The number of hydrogen-bond donors (Lipinski definition) is 1. The summed E-state index contributed by atoms with van der Waals surface area (Å²) in [4.78, 5) is 2.61. The summed E-state index contributed by atoms with van der Waals surface area (Å²) in [6, 6.07) is 0.560. The highest BCUT2D eigenvalue weighted by atomic mass is 16.5. The van der Waals surface area contributed by atoms with Crippen molar-refractivity contribution >= 4 is 0 Å². The van der Waals surface area contributed by atoms with Crippen LogP contribution in [-0.4, -0.2) is 50.3 Å². The van der Waals surface area contributed by atoms with E-state index in [2.05, 4.69) is 24.1 Å². The number of ether oxygens (including phenoxy) is 1. The number of likely N-dealkylation sites (tertiary alicyclic amines) is 1. The summed E-state index contributed by atoms with van der Waals surface area (Å²) in [7, 11) is 0. The molecular weight excluding hydrogens is 212 g/mol. The van der Waals surface area contributed by atoms with E-state index in [0.717, 1.165) is 19.8 Å². The van der Waals surface area contributed by atoms with Gasteiger partial charge in [-0.1, -0.05) is 26.7 Å². The first-order chi connectivity index (χ1) is 8.28. The third-order valence-electron chi connectivity index (χ3n) is 4.16. The van der Waals surface area contributed by atoms with Gasteiger partial charge in [-0.3, -0.25) is 0 Å². The second-order valence-corrected chi connectivity index (χ2v) is 5.90. The van der Waals surface area contributed by atoms with Crippen molar-refractivity contribution in [3.8, 4) is 0 Å². The molecule has 17 heavy (non-hydrogen) atoms. The quantitative estimate of drug-likeness (QED) is 0.767. The average Bonchev–Trinajstić information content (AvgIpc) is 2.29. The summed E-state index contributed by atoms with van der Waals surface area (Å²) in [5.74, 6) is 0. The normalized spacial score (nSPS) is 28.9. The molecule has 2 fully saturated rings. The molecule has 0 aromatic rings. The smallest absolute Gasteiger partial charge is 0.0632 e. The molecule has 1 unspecified atom stereocenters. The maximum atomic E-state index is 5.51. The Bertz CT molecular complexity index is 212. The Hall–Kier alpha value is -0.120. The minimum absolute atomic E-state index is 0.560. The molecule has 0 spiro atoms. The zero-order valence-corrected chi connectivity index (χ0v) is 11.5. The molecule has 2 saturated heterocycles. The fourth-order valence-electron chi connectivity index (χ4n) is 3.58. The summed E-state index contributed by atoms with van der Waals surface area (Å²) >= 11 is 0. The summed E-state index contributed by atoms with van der Waals surface area (Å²) in [5, 5.41) is 3.54. The van der Waals surface area contributed by atoms with Crippen molar-refractivity contribution in [3.05, 3.63) is 0 Å². The number of rotatable bonds is 6. The summed E-state index contributed by atoms with van der Waals surface area (Å²) in [5.41, 5.74) is 0.652. The summed E-state index contributed by atoms with van der Waals surface area (Å²) in [6.45, 7) is 11.2. The monoisotopic (exact) mass is 240 g/mol. The molecule has 3 heteroatoms. The first kappa shape index (κ1) is 13.3. The van der Waals surface area contributed by atoms with Gasteiger partial charge in [-0.25, -0.2) is 0 Å². The molecule has 0 aromatic heterocycles. The Labute approximate surface area is 106 Å². The molecule has 1 N–H and O–H groups in total. The van der Waals surface area contributed by atoms with Gasteiger partial charge >= 0.3 is 0 Å². The van der Waals surface area contributed by atoms with Gasteiger partial charge in [0.05, 0.1) is 13.2 Å². The minimum atomic E-state index is 0.560. The molecule has 2 aliphatic heterocycles. The fraction of sp³-hybridized carbons (Fsp3) is 1.00. The van der Waals surface area contributed by atoms with Gasteiger partial charge in [-0.2, -0.15) is 0 Å². The second kappa shape index (κ2) is 6.17. The average molecular weight is 240 g/mol. The molecule has 0 radical (unpaired) electrons. The summed E-state index contributed by atoms with van der Waals surface area (Å²) < 4.78 is 5.51. The molecule has 100 valence electrons. The predicted molar refractivity (Wildman–Crippen MR) is 71.3 cm³/mol. The van der Waals surface area contributed by atoms with E-state index in [9.17, 15) is 0 Å². The van der Waals surface area contributed by atoms with Crippen molar-refractivity contribution in [2.75, 3.05) is 39.4 Å². The molecule has 3 nitrogen and oxygen atoms in total. The fourth-order valence-corrected chi connectivity index (χ4v) is 3.58. The zero-order valence-electron chi connectivity index (χ0n) is 11.5. The second-order valence-electron chi connectivity index (χ2n) is 5.90. The lowest BCUT2D eigenvalue weighted by Gasteiger charge is -2.52. The van der Waals surface area contributed by atoms with Crippen LogP contribution in [0.15, 0.2) is 0 Å². The van der Waals surface area contributed by atoms with Crippen molar-refractivity contribution in [1.29, 1.82) is 0 Å². The van der Waals surface area contributed by atoms with Crippen LogP contribution in [0.3, 0.4) is 0 Å². The molecular formula is C14H28N2O. The number of hydrogen-bond acceptors (Lipinski definition) is 3. The van der Waals surface area contributed by atoms with Crippen LogP contribution in [0.4, 0.5) is 0 Å². The van der Waals surface area contributed by atoms with E-state index >= 15 is 0 Å². The highest BCUT2D eigenvalue weighted by Gasteiger charge is 2.41. The third-order valence-corrected chi connectivity index (χ3v) is 4.16. The maximum absolute atomic E-state index is 5.51. The van der Waals surface area contributed by atoms with E-state index in [4.69, 9.17) is 4.74 Å². The van der Waals surface area contributed by atoms with E-state index < -0.39 is 0 Å². The maximum Gasteiger partial charge on any atom is 0.0632 e. The Morgan fingerprint density at radius 3 is 2.47 bits per heavy atom. The van der Waals surface area contributed by atoms with Crippen LogP contribution >= 0.6 is 0 Å². The molecule has 0 saturated carbocycles. The lowest BCUT2D eigenvalue weighted by atomic mass is 9.72. The Kier molecular flexibility index (Phi) is 4.83. The molecule has 2 rings (SSSR count). The van der Waals surface area contributed by atoms with E-state index in [-0.39, 0.29) is 0 Å². The van der Waals surface area contributed by atoms with Crippen molar-refractivity contribution in [3.63, 3.8) is 0 Å². The first-order valence-electron chi connectivity index (χ1n) is 7.31. The number of morpholine rings is 1. The Morgan fingerprint density at radius 1 is 1.24 bits per heavy atom. The minimum Gasteiger partial charge on any atom is -0.378 e. The van der Waals surface area contributed by atoms with Crippen LogP contribution < -0.4 is 5.32 Å². The van der Waals surface area contributed by atoms with E-state index in [1.807, 2.05) is 0 Å². The van der Waals surface area contributed by atoms with Crippen molar-refractivity contribution < 1.29 is 4.74 Å². The van der Waals surface area contributed by atoms with Crippen molar-refractivity contribution in [1.82, 2.24) is 10.2 Å². The topological polar surface area (TPSA) is 24.5 Å². The predicted octanol–water partition coefficient (Wildman–Crippen LogP) is 1.88. The molecule has 0 aromatic carbocycles. The lowest BCUT2D eigenvalue weighted by molar-refractivity contribution is -0.0331. The van der Waals surface area contributed by atoms with E-state index in [1.54, 1.807) is 0 Å². The van der Waals surface area contributed by atoms with Crippen LogP contribution in [0.2, 0.25) is 0 Å². The molecule has 0 bridgehead atoms. The Balaban J connectivity index is 1.71. The zero-order chi connectivity index (χ0) is 12.1. The Morgan fingerprint density at radius 2 is 1.94 bits per heavy atom. The molecule has 2 heterocycles. The van der Waals surface area contributed by atoms with Gasteiger partial charge in [0.2, 0.25) is 0 Å². The van der Waals surface area contributed by atoms with E-state index in [0.29, 0.717) is 11.5 Å². The number of nitrogens with one attached hydrogen (secondary N) is 1.